The molecule has 0 unspecified atom stereocenters. The first-order valence-electron chi connectivity index (χ1n) is 11.3. The standard InChI is InChI=1S/C21H28N8O3S/c1-2-3-10-33(30,31)28-5-4-16-18(14-28)29-13-17(15-11-23-21(22)24-12-15)26-19(20(29)25-16)27-6-8-32-9-7-27/h11-13H,2-10,14H2,1H3,(H2,22,23,24). The SMILES string of the molecule is CCCCS(=O)(=O)N1CCc2nc3c(N4CCOCC4)nc(-c4cnc(N)nc4)cn3c2C1. The summed E-state index contributed by atoms with van der Waals surface area (Å²) in [5.74, 6) is 1.12. The second-order valence-corrected chi connectivity index (χ2v) is 10.4. The number of rotatable bonds is 6. The minimum atomic E-state index is -3.32. The highest BCUT2D eigenvalue weighted by Crippen LogP contribution is 2.30. The van der Waals surface area contributed by atoms with Crippen LogP contribution in [0, 0.1) is 0 Å². The predicted molar refractivity (Wildman–Crippen MR) is 124 cm³/mol. The van der Waals surface area contributed by atoms with E-state index in [-0.39, 0.29) is 11.7 Å². The average molecular weight is 473 g/mol. The summed E-state index contributed by atoms with van der Waals surface area (Å²) in [6.45, 7) is 5.39. The third kappa shape index (κ3) is 4.25. The van der Waals surface area contributed by atoms with Crippen LogP contribution < -0.4 is 10.6 Å². The van der Waals surface area contributed by atoms with Gasteiger partial charge in [-0.1, -0.05) is 13.3 Å². The van der Waals surface area contributed by atoms with Crippen molar-refractivity contribution in [1.29, 1.82) is 0 Å². The molecule has 0 radical (unpaired) electrons. The number of sulfonamides is 1. The summed E-state index contributed by atoms with van der Waals surface area (Å²) in [5.41, 5.74) is 9.60. The number of nitrogens with two attached hydrogens (primary N) is 1. The number of unbranched alkanes of at least 4 members (excludes halogenated alkanes) is 1. The number of imidazole rings is 1. The van der Waals surface area contributed by atoms with Crippen LogP contribution in [0.4, 0.5) is 11.8 Å². The molecule has 5 heterocycles. The van der Waals surface area contributed by atoms with Crippen molar-refractivity contribution in [3.05, 3.63) is 30.0 Å². The van der Waals surface area contributed by atoms with Crippen LogP contribution in [0.25, 0.3) is 16.9 Å². The zero-order valence-electron chi connectivity index (χ0n) is 18.6. The first kappa shape index (κ1) is 22.0. The van der Waals surface area contributed by atoms with Crippen molar-refractivity contribution >= 4 is 27.4 Å². The van der Waals surface area contributed by atoms with Gasteiger partial charge < -0.3 is 15.4 Å². The first-order chi connectivity index (χ1) is 16.0. The van der Waals surface area contributed by atoms with Crippen molar-refractivity contribution in [2.24, 2.45) is 0 Å². The van der Waals surface area contributed by atoms with Gasteiger partial charge in [0.15, 0.2) is 11.5 Å². The van der Waals surface area contributed by atoms with Crippen LogP contribution in [0.15, 0.2) is 18.6 Å². The summed E-state index contributed by atoms with van der Waals surface area (Å²) < 4.78 is 34.9. The molecule has 0 atom stereocenters. The molecule has 0 aromatic carbocycles. The number of ether oxygens (including phenoxy) is 1. The lowest BCUT2D eigenvalue weighted by molar-refractivity contribution is 0.122. The Labute approximate surface area is 192 Å². The Hall–Kier alpha value is -2.83. The Morgan fingerprint density at radius 2 is 1.88 bits per heavy atom. The molecule has 0 saturated carbocycles. The van der Waals surface area contributed by atoms with Gasteiger partial charge in [0.1, 0.15) is 0 Å². The van der Waals surface area contributed by atoms with Crippen LogP contribution >= 0.6 is 0 Å². The van der Waals surface area contributed by atoms with Crippen LogP contribution in [-0.2, 0) is 27.7 Å². The van der Waals surface area contributed by atoms with Gasteiger partial charge in [-0.3, -0.25) is 4.40 Å². The Morgan fingerprint density at radius 1 is 1.12 bits per heavy atom. The van der Waals surface area contributed by atoms with Crippen LogP contribution in [0.2, 0.25) is 0 Å². The van der Waals surface area contributed by atoms with E-state index in [0.717, 1.165) is 34.8 Å². The normalized spacial score (nSPS) is 17.4. The predicted octanol–water partition coefficient (Wildman–Crippen LogP) is 1.09. The number of nitrogen functional groups attached to an aromatic ring is 1. The zero-order chi connectivity index (χ0) is 23.0. The van der Waals surface area contributed by atoms with Gasteiger partial charge in [0.2, 0.25) is 16.0 Å². The topological polar surface area (TPSA) is 132 Å². The first-order valence-corrected chi connectivity index (χ1v) is 12.9. The van der Waals surface area contributed by atoms with Crippen LogP contribution in [0.1, 0.15) is 31.2 Å². The minimum absolute atomic E-state index is 0.171. The number of nitrogens with zero attached hydrogens (tertiary/aromatic N) is 7. The fraction of sp³-hybridized carbons (Fsp3) is 0.524. The molecule has 5 rings (SSSR count). The number of hydrogen-bond donors (Lipinski definition) is 1. The summed E-state index contributed by atoms with van der Waals surface area (Å²) in [6, 6.07) is 0. The number of hydrogen-bond acceptors (Lipinski definition) is 9. The number of fused-ring (bicyclic) bond motifs is 3. The van der Waals surface area contributed by atoms with E-state index >= 15 is 0 Å². The quantitative estimate of drug-likeness (QED) is 0.560. The molecule has 0 amide bonds. The summed E-state index contributed by atoms with van der Waals surface area (Å²) in [6.07, 6.45) is 7.25. The van der Waals surface area contributed by atoms with Gasteiger partial charge in [0.25, 0.3) is 0 Å². The molecular weight excluding hydrogens is 444 g/mol. The van der Waals surface area contributed by atoms with E-state index < -0.39 is 10.0 Å². The van der Waals surface area contributed by atoms with Crippen molar-refractivity contribution in [2.75, 3.05) is 49.2 Å². The highest BCUT2D eigenvalue weighted by molar-refractivity contribution is 7.89. The Balaban J connectivity index is 1.61. The number of morpholine rings is 1. The number of anilines is 2. The van der Waals surface area contributed by atoms with Gasteiger partial charge >= 0.3 is 0 Å². The van der Waals surface area contributed by atoms with E-state index in [9.17, 15) is 8.42 Å². The molecule has 1 saturated heterocycles. The van der Waals surface area contributed by atoms with Crippen molar-refractivity contribution in [3.8, 4) is 11.3 Å². The molecule has 176 valence electrons. The highest BCUT2D eigenvalue weighted by Gasteiger charge is 2.31. The van der Waals surface area contributed by atoms with Gasteiger partial charge in [-0.2, -0.15) is 4.31 Å². The third-order valence-corrected chi connectivity index (χ3v) is 8.03. The molecule has 2 aliphatic rings. The molecule has 0 bridgehead atoms. The summed E-state index contributed by atoms with van der Waals surface area (Å²) >= 11 is 0. The molecule has 2 N–H and O–H groups in total. The van der Waals surface area contributed by atoms with E-state index in [1.165, 1.54) is 0 Å². The smallest absolute Gasteiger partial charge is 0.219 e. The Bertz CT molecular complexity index is 1250. The van der Waals surface area contributed by atoms with Gasteiger partial charge in [-0.15, -0.1) is 0 Å². The van der Waals surface area contributed by atoms with Gasteiger partial charge in [0, 0.05) is 50.2 Å². The van der Waals surface area contributed by atoms with Crippen LogP contribution in [0.3, 0.4) is 0 Å². The van der Waals surface area contributed by atoms with E-state index in [4.69, 9.17) is 20.4 Å². The molecule has 1 fully saturated rings. The monoisotopic (exact) mass is 472 g/mol. The average Bonchev–Trinajstić information content (AvgIpc) is 3.21. The van der Waals surface area contributed by atoms with Gasteiger partial charge in [0.05, 0.1) is 42.6 Å². The van der Waals surface area contributed by atoms with E-state index in [1.54, 1.807) is 16.7 Å². The van der Waals surface area contributed by atoms with Crippen molar-refractivity contribution in [3.63, 3.8) is 0 Å². The van der Waals surface area contributed by atoms with Gasteiger partial charge in [-0.25, -0.2) is 28.4 Å². The second-order valence-electron chi connectivity index (χ2n) is 8.33. The molecule has 3 aromatic rings. The second kappa shape index (κ2) is 8.84. The summed E-state index contributed by atoms with van der Waals surface area (Å²) in [4.78, 5) is 20.2. The maximum absolute atomic E-state index is 12.9. The van der Waals surface area contributed by atoms with Crippen LogP contribution in [0.5, 0.6) is 0 Å². The molecular formula is C21H28N8O3S. The maximum atomic E-state index is 12.9. The molecule has 33 heavy (non-hydrogen) atoms. The molecule has 3 aromatic heterocycles. The molecule has 12 heteroatoms. The fourth-order valence-electron chi connectivity index (χ4n) is 4.26. The highest BCUT2D eigenvalue weighted by atomic mass is 32.2. The molecule has 11 nitrogen and oxygen atoms in total. The van der Waals surface area contributed by atoms with Crippen molar-refractivity contribution < 1.29 is 13.2 Å². The molecule has 2 aliphatic heterocycles. The minimum Gasteiger partial charge on any atom is -0.378 e. The van der Waals surface area contributed by atoms with Crippen molar-refractivity contribution in [2.45, 2.75) is 32.7 Å². The van der Waals surface area contributed by atoms with E-state index in [2.05, 4.69) is 14.9 Å². The van der Waals surface area contributed by atoms with E-state index in [1.807, 2.05) is 17.5 Å². The fourth-order valence-corrected chi connectivity index (χ4v) is 5.86. The maximum Gasteiger partial charge on any atom is 0.219 e. The lowest BCUT2D eigenvalue weighted by atomic mass is 10.2. The number of aromatic nitrogens is 5. The van der Waals surface area contributed by atoms with Crippen LogP contribution in [-0.4, -0.2) is 75.7 Å². The third-order valence-electron chi connectivity index (χ3n) is 6.12. The summed E-state index contributed by atoms with van der Waals surface area (Å²) in [5, 5.41) is 0. The van der Waals surface area contributed by atoms with Gasteiger partial charge in [-0.05, 0) is 6.42 Å². The lowest BCUT2D eigenvalue weighted by Crippen LogP contribution is -2.38. The van der Waals surface area contributed by atoms with Crippen molar-refractivity contribution in [1.82, 2.24) is 28.6 Å². The largest absolute Gasteiger partial charge is 0.378 e. The summed E-state index contributed by atoms with van der Waals surface area (Å²) in [7, 11) is -3.32. The molecule has 0 aliphatic carbocycles. The Morgan fingerprint density at radius 3 is 2.61 bits per heavy atom. The lowest BCUT2D eigenvalue weighted by Gasteiger charge is -2.28. The van der Waals surface area contributed by atoms with E-state index in [0.29, 0.717) is 57.9 Å². The molecule has 0 spiro atoms. The Kier molecular flexibility index (Phi) is 5.89. The zero-order valence-corrected chi connectivity index (χ0v) is 19.5.